The van der Waals surface area contributed by atoms with Crippen molar-refractivity contribution in [1.29, 1.82) is 0 Å². The van der Waals surface area contributed by atoms with Crippen LogP contribution in [0.2, 0.25) is 0 Å². The van der Waals surface area contributed by atoms with Crippen molar-refractivity contribution in [2.24, 2.45) is 16.7 Å². The summed E-state index contributed by atoms with van der Waals surface area (Å²) in [5, 5.41) is 11.0. The highest BCUT2D eigenvalue weighted by atomic mass is 32.1. The van der Waals surface area contributed by atoms with Crippen LogP contribution in [0.25, 0.3) is 10.6 Å². The third-order valence-electron chi connectivity index (χ3n) is 6.09. The number of fused-ring (bicyclic) bond motifs is 1. The average molecular weight is 343 g/mol. The summed E-state index contributed by atoms with van der Waals surface area (Å²) in [6.45, 7) is 10.2. The lowest BCUT2D eigenvalue weighted by molar-refractivity contribution is -0.0977. The molecule has 1 aromatic carbocycles. The molecule has 2 atom stereocenters. The molecule has 0 bridgehead atoms. The molecule has 1 N–H and O–H groups in total. The van der Waals surface area contributed by atoms with E-state index < -0.39 is 0 Å². The Hall–Kier alpha value is -1.23. The Morgan fingerprint density at radius 2 is 2.12 bits per heavy atom. The molecule has 2 aliphatic rings. The van der Waals surface area contributed by atoms with Gasteiger partial charge in [-0.25, -0.2) is 4.98 Å². The summed E-state index contributed by atoms with van der Waals surface area (Å²) in [6, 6.07) is 8.44. The van der Waals surface area contributed by atoms with Crippen molar-refractivity contribution < 1.29 is 5.11 Å². The van der Waals surface area contributed by atoms with Crippen LogP contribution in [0, 0.1) is 23.7 Å². The Morgan fingerprint density at radius 1 is 1.33 bits per heavy atom. The zero-order chi connectivity index (χ0) is 16.9. The van der Waals surface area contributed by atoms with Gasteiger partial charge in [0.25, 0.3) is 0 Å². The minimum absolute atomic E-state index is 0.146. The molecule has 128 valence electrons. The number of rotatable bonds is 4. The number of likely N-dealkylation sites (tertiary alicyclic amines) is 1. The van der Waals surface area contributed by atoms with Gasteiger partial charge in [-0.2, -0.15) is 0 Å². The smallest absolute Gasteiger partial charge is 0.123 e. The molecular weight excluding hydrogens is 316 g/mol. The van der Waals surface area contributed by atoms with Crippen LogP contribution in [0.4, 0.5) is 0 Å². The maximum atomic E-state index is 9.91. The normalized spacial score (nSPS) is 28.6. The summed E-state index contributed by atoms with van der Waals surface area (Å²) in [7, 11) is 0. The van der Waals surface area contributed by atoms with Gasteiger partial charge in [0.15, 0.2) is 0 Å². The number of aliphatic hydroxyl groups is 1. The number of benzene rings is 1. The zero-order valence-electron chi connectivity index (χ0n) is 14.7. The van der Waals surface area contributed by atoms with Crippen LogP contribution in [-0.2, 0) is 6.54 Å². The van der Waals surface area contributed by atoms with Crippen LogP contribution >= 0.6 is 11.3 Å². The SMILES string of the molecule is Cc1ccccc1-c1ncc(CN2C[C@@H]3C(C)(C)C[C@]3(CO)C2)s1. The molecule has 1 aromatic heterocycles. The summed E-state index contributed by atoms with van der Waals surface area (Å²) in [5.41, 5.74) is 3.03. The number of aromatic nitrogens is 1. The Bertz CT molecular complexity index is 754. The predicted octanol–water partition coefficient (Wildman–Crippen LogP) is 3.96. The van der Waals surface area contributed by atoms with Gasteiger partial charge >= 0.3 is 0 Å². The minimum Gasteiger partial charge on any atom is -0.396 e. The van der Waals surface area contributed by atoms with Gasteiger partial charge in [-0.15, -0.1) is 11.3 Å². The summed E-state index contributed by atoms with van der Waals surface area (Å²) in [5.74, 6) is 0.624. The highest BCUT2D eigenvalue weighted by molar-refractivity contribution is 7.15. The van der Waals surface area contributed by atoms with E-state index in [2.05, 4.69) is 54.9 Å². The molecule has 2 fully saturated rings. The predicted molar refractivity (Wildman–Crippen MR) is 99.0 cm³/mol. The van der Waals surface area contributed by atoms with Crippen LogP contribution in [0.15, 0.2) is 30.5 Å². The minimum atomic E-state index is 0.146. The zero-order valence-corrected chi connectivity index (χ0v) is 15.6. The van der Waals surface area contributed by atoms with E-state index in [4.69, 9.17) is 0 Å². The maximum Gasteiger partial charge on any atom is 0.123 e. The van der Waals surface area contributed by atoms with Crippen LogP contribution in [0.1, 0.15) is 30.7 Å². The first kappa shape index (κ1) is 16.2. The van der Waals surface area contributed by atoms with E-state index in [-0.39, 0.29) is 5.41 Å². The molecule has 4 heteroatoms. The van der Waals surface area contributed by atoms with Gasteiger partial charge in [0, 0.05) is 41.7 Å². The van der Waals surface area contributed by atoms with Crippen molar-refractivity contribution in [2.45, 2.75) is 33.7 Å². The standard InChI is InChI=1S/C20H26N2OS/c1-14-6-4-5-7-16(14)18-21-8-15(24-18)9-22-10-17-19(2,3)11-20(17,12-22)13-23/h4-8,17,23H,9-13H2,1-3H3/t17-,20-/m1/s1. The van der Waals surface area contributed by atoms with Gasteiger partial charge in [-0.05, 0) is 30.2 Å². The highest BCUT2D eigenvalue weighted by Gasteiger charge is 2.62. The van der Waals surface area contributed by atoms with E-state index in [1.807, 2.05) is 6.20 Å². The first-order chi connectivity index (χ1) is 11.4. The van der Waals surface area contributed by atoms with Crippen molar-refractivity contribution in [3.05, 3.63) is 40.9 Å². The molecule has 0 spiro atoms. The summed E-state index contributed by atoms with van der Waals surface area (Å²) >= 11 is 1.80. The fourth-order valence-electron chi connectivity index (χ4n) is 5.10. The lowest BCUT2D eigenvalue weighted by atomic mass is 9.48. The second-order valence-corrected chi connectivity index (χ2v) is 9.47. The molecule has 2 heterocycles. The van der Waals surface area contributed by atoms with Crippen molar-refractivity contribution in [3.8, 4) is 10.6 Å². The Morgan fingerprint density at radius 3 is 2.79 bits per heavy atom. The van der Waals surface area contributed by atoms with Crippen LogP contribution in [0.5, 0.6) is 0 Å². The lowest BCUT2D eigenvalue weighted by Crippen LogP contribution is -2.54. The topological polar surface area (TPSA) is 36.4 Å². The van der Waals surface area contributed by atoms with E-state index in [0.29, 0.717) is 17.9 Å². The van der Waals surface area contributed by atoms with E-state index in [0.717, 1.165) is 31.1 Å². The Labute approximate surface area is 148 Å². The van der Waals surface area contributed by atoms with E-state index >= 15 is 0 Å². The monoisotopic (exact) mass is 342 g/mol. The molecule has 0 radical (unpaired) electrons. The quantitative estimate of drug-likeness (QED) is 0.914. The number of hydrogen-bond donors (Lipinski definition) is 1. The van der Waals surface area contributed by atoms with Crippen LogP contribution < -0.4 is 0 Å². The van der Waals surface area contributed by atoms with Gasteiger partial charge in [0.1, 0.15) is 5.01 Å². The van der Waals surface area contributed by atoms with Gasteiger partial charge < -0.3 is 5.11 Å². The summed E-state index contributed by atoms with van der Waals surface area (Å²) in [4.78, 5) is 8.49. The van der Waals surface area contributed by atoms with Gasteiger partial charge in [-0.3, -0.25) is 4.90 Å². The second kappa shape index (κ2) is 5.65. The Kier molecular flexibility index (Phi) is 3.83. The highest BCUT2D eigenvalue weighted by Crippen LogP contribution is 2.62. The third-order valence-corrected chi connectivity index (χ3v) is 7.11. The Balaban J connectivity index is 1.49. The molecule has 2 aromatic rings. The molecule has 3 nitrogen and oxygen atoms in total. The van der Waals surface area contributed by atoms with Gasteiger partial charge in [0.05, 0.1) is 6.61 Å². The first-order valence-corrected chi connectivity index (χ1v) is 9.59. The van der Waals surface area contributed by atoms with Crippen LogP contribution in [0.3, 0.4) is 0 Å². The van der Waals surface area contributed by atoms with E-state index in [1.54, 1.807) is 11.3 Å². The van der Waals surface area contributed by atoms with Crippen LogP contribution in [-0.4, -0.2) is 34.7 Å². The molecule has 4 rings (SSSR count). The van der Waals surface area contributed by atoms with Gasteiger partial charge in [-0.1, -0.05) is 38.1 Å². The molecule has 1 aliphatic carbocycles. The molecule has 24 heavy (non-hydrogen) atoms. The van der Waals surface area contributed by atoms with E-state index in [1.165, 1.54) is 16.0 Å². The molecule has 1 aliphatic heterocycles. The van der Waals surface area contributed by atoms with Crippen molar-refractivity contribution in [3.63, 3.8) is 0 Å². The fourth-order valence-corrected chi connectivity index (χ4v) is 6.15. The molecule has 0 amide bonds. The number of aryl methyl sites for hydroxylation is 1. The summed E-state index contributed by atoms with van der Waals surface area (Å²) in [6.07, 6.45) is 3.18. The van der Waals surface area contributed by atoms with Gasteiger partial charge in [0.2, 0.25) is 0 Å². The van der Waals surface area contributed by atoms with Crippen molar-refractivity contribution >= 4 is 11.3 Å². The average Bonchev–Trinajstić information content (AvgIpc) is 3.11. The maximum absolute atomic E-state index is 9.91. The number of aliphatic hydroxyl groups excluding tert-OH is 1. The second-order valence-electron chi connectivity index (χ2n) is 8.35. The first-order valence-electron chi connectivity index (χ1n) is 8.77. The molecular formula is C20H26N2OS. The summed E-state index contributed by atoms with van der Waals surface area (Å²) < 4.78 is 0. The lowest BCUT2D eigenvalue weighted by Gasteiger charge is -2.56. The van der Waals surface area contributed by atoms with Crippen molar-refractivity contribution in [2.75, 3.05) is 19.7 Å². The number of nitrogens with zero attached hydrogens (tertiary/aromatic N) is 2. The molecule has 0 unspecified atom stereocenters. The van der Waals surface area contributed by atoms with E-state index in [9.17, 15) is 5.11 Å². The molecule has 1 saturated heterocycles. The fraction of sp³-hybridized carbons (Fsp3) is 0.550. The largest absolute Gasteiger partial charge is 0.396 e. The molecule has 1 saturated carbocycles. The van der Waals surface area contributed by atoms with Crippen molar-refractivity contribution in [1.82, 2.24) is 9.88 Å². The number of thiazole rings is 1. The third kappa shape index (κ3) is 2.52. The number of hydrogen-bond acceptors (Lipinski definition) is 4.